The second-order valence-electron chi connectivity index (χ2n) is 3.46. The van der Waals surface area contributed by atoms with Crippen LogP contribution >= 0.6 is 15.9 Å². The van der Waals surface area contributed by atoms with Crippen LogP contribution in [0.4, 0.5) is 11.5 Å². The second kappa shape index (κ2) is 4.93. The van der Waals surface area contributed by atoms with Gasteiger partial charge in [0.2, 0.25) is 0 Å². The lowest BCUT2D eigenvalue weighted by Gasteiger charge is -2.08. The first-order valence-corrected chi connectivity index (χ1v) is 5.74. The van der Waals surface area contributed by atoms with Crippen LogP contribution in [0, 0.1) is 18.3 Å². The minimum Gasteiger partial charge on any atom is -0.339 e. The van der Waals surface area contributed by atoms with Gasteiger partial charge in [0.15, 0.2) is 0 Å². The highest BCUT2D eigenvalue weighted by atomic mass is 79.9. The van der Waals surface area contributed by atoms with Crippen LogP contribution in [-0.2, 0) is 0 Å². The van der Waals surface area contributed by atoms with Gasteiger partial charge in [-0.1, -0.05) is 12.1 Å². The first-order chi connectivity index (χ1) is 8.20. The van der Waals surface area contributed by atoms with Crippen LogP contribution in [0.2, 0.25) is 0 Å². The van der Waals surface area contributed by atoms with E-state index in [0.29, 0.717) is 16.0 Å². The van der Waals surface area contributed by atoms with Gasteiger partial charge in [-0.2, -0.15) is 5.26 Å². The van der Waals surface area contributed by atoms with E-state index in [-0.39, 0.29) is 0 Å². The Bertz CT molecular complexity index is 589. The van der Waals surface area contributed by atoms with Crippen molar-refractivity contribution in [3.63, 3.8) is 0 Å². The van der Waals surface area contributed by atoms with Crippen LogP contribution in [0.1, 0.15) is 11.1 Å². The summed E-state index contributed by atoms with van der Waals surface area (Å²) in [5, 5.41) is 12.2. The van der Waals surface area contributed by atoms with Crippen molar-refractivity contribution in [3.05, 3.63) is 46.3 Å². The molecule has 4 nitrogen and oxygen atoms in total. The lowest BCUT2D eigenvalue weighted by Crippen LogP contribution is -1.97. The lowest BCUT2D eigenvalue weighted by molar-refractivity contribution is 1.14. The van der Waals surface area contributed by atoms with Crippen molar-refractivity contribution < 1.29 is 0 Å². The summed E-state index contributed by atoms with van der Waals surface area (Å²) >= 11 is 3.27. The molecule has 0 amide bonds. The summed E-state index contributed by atoms with van der Waals surface area (Å²) in [6, 6.07) is 9.58. The Balaban J connectivity index is 2.37. The Labute approximate surface area is 107 Å². The van der Waals surface area contributed by atoms with Crippen LogP contribution in [0.5, 0.6) is 0 Å². The minimum atomic E-state index is 0.627. The number of nitriles is 1. The highest BCUT2D eigenvalue weighted by molar-refractivity contribution is 9.10. The number of aromatic nitrogens is 2. The van der Waals surface area contributed by atoms with E-state index >= 15 is 0 Å². The van der Waals surface area contributed by atoms with Crippen molar-refractivity contribution in [1.29, 1.82) is 5.26 Å². The largest absolute Gasteiger partial charge is 0.339 e. The van der Waals surface area contributed by atoms with Crippen LogP contribution in [0.25, 0.3) is 0 Å². The van der Waals surface area contributed by atoms with Crippen LogP contribution in [0.15, 0.2) is 35.2 Å². The maximum Gasteiger partial charge on any atom is 0.134 e. The molecule has 1 heterocycles. The molecule has 0 aliphatic rings. The zero-order valence-electron chi connectivity index (χ0n) is 9.11. The molecule has 0 aliphatic carbocycles. The number of benzene rings is 1. The van der Waals surface area contributed by atoms with E-state index in [1.165, 1.54) is 6.33 Å². The average Bonchev–Trinajstić information content (AvgIpc) is 2.29. The molecule has 0 saturated heterocycles. The van der Waals surface area contributed by atoms with E-state index in [9.17, 15) is 0 Å². The highest BCUT2D eigenvalue weighted by Gasteiger charge is 2.05. The molecule has 1 aromatic heterocycles. The third-order valence-electron chi connectivity index (χ3n) is 2.28. The van der Waals surface area contributed by atoms with Gasteiger partial charge in [-0.15, -0.1) is 0 Å². The number of halogens is 1. The summed E-state index contributed by atoms with van der Waals surface area (Å²) < 4.78 is 0.696. The Kier molecular flexibility index (Phi) is 3.35. The summed E-state index contributed by atoms with van der Waals surface area (Å²) in [5.74, 6) is 0.647. The summed E-state index contributed by atoms with van der Waals surface area (Å²) in [6.45, 7) is 1.90. The number of rotatable bonds is 2. The molecule has 2 rings (SSSR count). The SMILES string of the molecule is Cc1cccc(Nc2cc(Br)ncn2)c1C#N. The molecule has 0 saturated carbocycles. The van der Waals surface area contributed by atoms with Crippen molar-refractivity contribution in [2.45, 2.75) is 6.92 Å². The fourth-order valence-electron chi connectivity index (χ4n) is 1.46. The summed E-state index contributed by atoms with van der Waals surface area (Å²) in [4.78, 5) is 8.02. The molecule has 0 unspecified atom stereocenters. The van der Waals surface area contributed by atoms with Gasteiger partial charge in [-0.05, 0) is 34.5 Å². The molecule has 5 heteroatoms. The average molecular weight is 289 g/mol. The number of hydrogen-bond acceptors (Lipinski definition) is 4. The van der Waals surface area contributed by atoms with Gasteiger partial charge in [-0.25, -0.2) is 9.97 Å². The number of hydrogen-bond donors (Lipinski definition) is 1. The Morgan fingerprint density at radius 2 is 2.18 bits per heavy atom. The summed E-state index contributed by atoms with van der Waals surface area (Å²) in [7, 11) is 0. The van der Waals surface area contributed by atoms with E-state index in [1.54, 1.807) is 6.07 Å². The van der Waals surface area contributed by atoms with Crippen LogP contribution in [0.3, 0.4) is 0 Å². The van der Waals surface area contributed by atoms with Gasteiger partial charge in [0, 0.05) is 6.07 Å². The third-order valence-corrected chi connectivity index (χ3v) is 2.71. The zero-order chi connectivity index (χ0) is 12.3. The molecule has 84 valence electrons. The van der Waals surface area contributed by atoms with Crippen molar-refractivity contribution in [1.82, 2.24) is 9.97 Å². The molecule has 0 bridgehead atoms. The smallest absolute Gasteiger partial charge is 0.134 e. The number of nitrogens with one attached hydrogen (secondary N) is 1. The topological polar surface area (TPSA) is 61.6 Å². The van der Waals surface area contributed by atoms with Gasteiger partial charge in [0.1, 0.15) is 22.8 Å². The summed E-state index contributed by atoms with van der Waals surface area (Å²) in [6.07, 6.45) is 1.45. The van der Waals surface area contributed by atoms with Gasteiger partial charge in [-0.3, -0.25) is 0 Å². The normalized spacial score (nSPS) is 9.71. The fourth-order valence-corrected chi connectivity index (χ4v) is 1.77. The Morgan fingerprint density at radius 1 is 1.35 bits per heavy atom. The molecular formula is C12H9BrN4. The van der Waals surface area contributed by atoms with E-state index in [4.69, 9.17) is 5.26 Å². The third kappa shape index (κ3) is 2.60. The summed E-state index contributed by atoms with van der Waals surface area (Å²) in [5.41, 5.74) is 2.31. The molecule has 0 aliphatic heterocycles. The minimum absolute atomic E-state index is 0.627. The van der Waals surface area contributed by atoms with Crippen LogP contribution in [-0.4, -0.2) is 9.97 Å². The maximum atomic E-state index is 9.10. The molecule has 1 aromatic carbocycles. The number of anilines is 2. The molecule has 17 heavy (non-hydrogen) atoms. The molecule has 0 atom stereocenters. The van der Waals surface area contributed by atoms with Gasteiger partial charge >= 0.3 is 0 Å². The molecule has 1 N–H and O–H groups in total. The van der Waals surface area contributed by atoms with Gasteiger partial charge in [0.25, 0.3) is 0 Å². The van der Waals surface area contributed by atoms with E-state index < -0.39 is 0 Å². The lowest BCUT2D eigenvalue weighted by atomic mass is 10.1. The number of aryl methyl sites for hydroxylation is 1. The fraction of sp³-hybridized carbons (Fsp3) is 0.0833. The van der Waals surface area contributed by atoms with Crippen molar-refractivity contribution in [3.8, 4) is 6.07 Å². The Morgan fingerprint density at radius 3 is 2.88 bits per heavy atom. The first kappa shape index (κ1) is 11.6. The Hall–Kier alpha value is -1.93. The molecule has 0 spiro atoms. The van der Waals surface area contributed by atoms with Crippen molar-refractivity contribution in [2.24, 2.45) is 0 Å². The molecule has 0 radical (unpaired) electrons. The predicted molar refractivity (Wildman–Crippen MR) is 68.9 cm³/mol. The molecule has 0 fully saturated rings. The monoisotopic (exact) mass is 288 g/mol. The van der Waals surface area contributed by atoms with E-state index in [1.807, 2.05) is 25.1 Å². The maximum absolute atomic E-state index is 9.10. The standard InChI is InChI=1S/C12H9BrN4/c1-8-3-2-4-10(9(8)6-14)17-12-5-11(13)15-7-16-12/h2-5,7H,1H3,(H,15,16,17). The van der Waals surface area contributed by atoms with Gasteiger partial charge < -0.3 is 5.32 Å². The second-order valence-corrected chi connectivity index (χ2v) is 4.27. The quantitative estimate of drug-likeness (QED) is 0.863. The van der Waals surface area contributed by atoms with Crippen LogP contribution < -0.4 is 5.32 Å². The predicted octanol–water partition coefficient (Wildman–Crippen LogP) is 3.16. The first-order valence-electron chi connectivity index (χ1n) is 4.95. The van der Waals surface area contributed by atoms with Crippen molar-refractivity contribution in [2.75, 3.05) is 5.32 Å². The van der Waals surface area contributed by atoms with E-state index in [2.05, 4.69) is 37.3 Å². The van der Waals surface area contributed by atoms with Gasteiger partial charge in [0.05, 0.1) is 11.3 Å². The number of nitrogens with zero attached hydrogens (tertiary/aromatic N) is 3. The molecular weight excluding hydrogens is 280 g/mol. The van der Waals surface area contributed by atoms with Crippen molar-refractivity contribution >= 4 is 27.4 Å². The molecule has 2 aromatic rings. The van der Waals surface area contributed by atoms with E-state index in [0.717, 1.165) is 11.3 Å². The highest BCUT2D eigenvalue weighted by Crippen LogP contribution is 2.22. The zero-order valence-corrected chi connectivity index (χ0v) is 10.7.